The van der Waals surface area contributed by atoms with Crippen LogP contribution >= 0.6 is 0 Å². The van der Waals surface area contributed by atoms with Gasteiger partial charge in [-0.05, 0) is 105 Å². The van der Waals surface area contributed by atoms with Crippen LogP contribution in [0.2, 0.25) is 0 Å². The smallest absolute Gasteiger partial charge is 0.309 e. The number of carbonyl (C=O) groups excluding carboxylic acids is 5. The number of esters is 4. The molecule has 19 nitrogen and oxygen atoms in total. The molecule has 0 radical (unpaired) electrons. The maximum Gasteiger partial charge on any atom is 0.309 e. The zero-order chi connectivity index (χ0) is 56.3. The number of nitrogens with zero attached hydrogens (tertiary/aromatic N) is 2. The molecule has 2 saturated heterocycles. The predicted octanol–water partition coefficient (Wildman–Crippen LogP) is 5.64. The normalized spacial score (nSPS) is 35.5. The van der Waals surface area contributed by atoms with E-state index in [1.54, 1.807) is 66.6 Å². The lowest BCUT2D eigenvalue weighted by atomic mass is 9.82. The first-order valence-electron chi connectivity index (χ1n) is 27.5. The van der Waals surface area contributed by atoms with Gasteiger partial charge < -0.3 is 67.6 Å². The van der Waals surface area contributed by atoms with Crippen molar-refractivity contribution in [2.24, 2.45) is 11.8 Å². The van der Waals surface area contributed by atoms with Gasteiger partial charge in [-0.2, -0.15) is 0 Å². The van der Waals surface area contributed by atoms with Crippen molar-refractivity contribution >= 4 is 30.2 Å². The van der Waals surface area contributed by atoms with E-state index in [1.165, 1.54) is 19.6 Å². The summed E-state index contributed by atoms with van der Waals surface area (Å²) in [6.45, 7) is 13.7. The number of methoxy groups -OCH3 is 1. The van der Waals surface area contributed by atoms with Crippen molar-refractivity contribution in [2.45, 2.75) is 236 Å². The fourth-order valence-corrected chi connectivity index (χ4v) is 10.9. The first kappa shape index (κ1) is 64.6. The van der Waals surface area contributed by atoms with Gasteiger partial charge >= 0.3 is 23.9 Å². The number of carbonyl (C=O) groups is 5. The Hall–Kier alpha value is -3.89. The molecule has 432 valence electrons. The second-order valence-electron chi connectivity index (χ2n) is 21.7. The molecule has 18 atom stereocenters. The van der Waals surface area contributed by atoms with Gasteiger partial charge in [0.05, 0.1) is 42.9 Å². The molecule has 3 aliphatic heterocycles. The van der Waals surface area contributed by atoms with E-state index >= 15 is 0 Å². The quantitative estimate of drug-likeness (QED) is 0.0419. The highest BCUT2D eigenvalue weighted by Gasteiger charge is 2.53. The van der Waals surface area contributed by atoms with Gasteiger partial charge in [0.25, 0.3) is 0 Å². The minimum atomic E-state index is -1.53. The Morgan fingerprint density at radius 3 is 2.11 bits per heavy atom. The van der Waals surface area contributed by atoms with Gasteiger partial charge in [0.15, 0.2) is 18.7 Å². The molecule has 0 aliphatic carbocycles. The summed E-state index contributed by atoms with van der Waals surface area (Å²) < 4.78 is 55.6. The lowest BCUT2D eigenvalue weighted by Crippen LogP contribution is -2.66. The molecule has 76 heavy (non-hydrogen) atoms. The average molecular weight is 1080 g/mol. The van der Waals surface area contributed by atoms with Crippen LogP contribution in [0.1, 0.15) is 138 Å². The second-order valence-corrected chi connectivity index (χ2v) is 21.7. The molecule has 0 unspecified atom stereocenters. The molecule has 0 amide bonds. The van der Waals surface area contributed by atoms with E-state index in [9.17, 15) is 39.3 Å². The number of aldehydes is 1. The molecular formula is C57H92N2O17. The van der Waals surface area contributed by atoms with E-state index in [1.807, 2.05) is 31.0 Å². The van der Waals surface area contributed by atoms with Gasteiger partial charge in [0.2, 0.25) is 0 Å². The summed E-state index contributed by atoms with van der Waals surface area (Å²) in [6, 6.07) is 9.01. The number of aliphatic hydroxyl groups excluding tert-OH is 2. The first-order chi connectivity index (χ1) is 36.0. The number of hydrogen-bond donors (Lipinski definition) is 3. The molecule has 3 aliphatic rings. The molecular weight excluding hydrogens is 985 g/mol. The third-order valence-electron chi connectivity index (χ3n) is 14.9. The minimum Gasteiger partial charge on any atom is -0.462 e. The van der Waals surface area contributed by atoms with E-state index in [0.717, 1.165) is 38.5 Å². The number of aryl methyl sites for hydroxylation is 1. The van der Waals surface area contributed by atoms with Crippen molar-refractivity contribution < 1.29 is 81.9 Å². The van der Waals surface area contributed by atoms with E-state index < -0.39 is 140 Å². The third kappa shape index (κ3) is 19.5. The Kier molecular flexibility index (Phi) is 26.9. The molecule has 2 fully saturated rings. The average Bonchev–Trinajstić information content (AvgIpc) is 3.34. The summed E-state index contributed by atoms with van der Waals surface area (Å²) >= 11 is 0. The summed E-state index contributed by atoms with van der Waals surface area (Å²) in [5, 5.41) is 35.7. The molecule has 19 heteroatoms. The summed E-state index contributed by atoms with van der Waals surface area (Å²) in [5.74, 6) is -3.75. The second kappa shape index (κ2) is 31.6. The van der Waals surface area contributed by atoms with E-state index in [4.69, 9.17) is 42.6 Å². The molecule has 0 spiro atoms. The van der Waals surface area contributed by atoms with Crippen LogP contribution in [0.5, 0.6) is 0 Å². The van der Waals surface area contributed by atoms with Gasteiger partial charge in [-0.15, -0.1) is 0 Å². The minimum absolute atomic E-state index is 0.0472. The van der Waals surface area contributed by atoms with Crippen molar-refractivity contribution in [2.75, 3.05) is 34.8 Å². The van der Waals surface area contributed by atoms with Crippen LogP contribution in [0.4, 0.5) is 0 Å². The lowest BCUT2D eigenvalue weighted by Gasteiger charge is -2.50. The molecule has 0 saturated carbocycles. The SMILES string of the molecule is CCC(=O)O[C@@H]1CC(=O)O[C@H](C)C[C@H](O)[C@H](N(C)CCCCCCCc2ccccc2)/C=C/[C@H](OC(C)=O)[C@H](C)C[C@H](CC=O)[C@H](O[C@@H]2O[C@H](C)[C@@H](O[C@H]3C[C@@](C)(O)[C@@H](OC(=O)CC)[C@H](C)O3)[C@H](N(C)C)[C@H]2O)[C@H]1OC. The maximum absolute atomic E-state index is 14.0. The first-order valence-corrected chi connectivity index (χ1v) is 27.5. The van der Waals surface area contributed by atoms with Crippen LogP contribution in [0.3, 0.4) is 0 Å². The van der Waals surface area contributed by atoms with Gasteiger partial charge in [-0.3, -0.25) is 24.1 Å². The summed E-state index contributed by atoms with van der Waals surface area (Å²) in [7, 11) is 6.76. The highest BCUT2D eigenvalue weighted by molar-refractivity contribution is 5.73. The largest absolute Gasteiger partial charge is 0.462 e. The molecule has 1 aromatic rings. The highest BCUT2D eigenvalue weighted by Crippen LogP contribution is 2.38. The van der Waals surface area contributed by atoms with Gasteiger partial charge in [0, 0.05) is 46.1 Å². The van der Waals surface area contributed by atoms with Crippen LogP contribution in [-0.4, -0.2) is 187 Å². The molecule has 3 heterocycles. The number of likely N-dealkylation sites (N-methyl/N-ethyl adjacent to an activating group) is 2. The van der Waals surface area contributed by atoms with Crippen molar-refractivity contribution in [3.8, 4) is 0 Å². The Labute approximate surface area is 451 Å². The van der Waals surface area contributed by atoms with Crippen molar-refractivity contribution in [3.05, 3.63) is 48.0 Å². The predicted molar refractivity (Wildman–Crippen MR) is 281 cm³/mol. The number of aliphatic hydroxyl groups is 3. The van der Waals surface area contributed by atoms with Crippen molar-refractivity contribution in [1.82, 2.24) is 9.80 Å². The Balaban J connectivity index is 1.68. The van der Waals surface area contributed by atoms with E-state index in [2.05, 4.69) is 24.3 Å². The lowest BCUT2D eigenvalue weighted by molar-refractivity contribution is -0.344. The standard InChI is InChI=1S/C57H92N2O17/c1-13-46(63)73-45-33-48(65)69-36(4)32-43(62)42(59(11)29-22-17-15-16-19-23-40-24-20-18-21-25-40)26-27-44(72-39(7)61)35(3)31-41(28-30-60)53(54(45)68-12)76-56-51(66)50(58(9)10)52(37(5)71-56)75-49-34-57(8,67)55(38(6)70-49)74-47(64)14-2/h18,20-21,24-27,30,35-38,41-45,49-56,62,66-67H,13-17,19,22-23,28-29,31-34H2,1-12H3/b27-26+/t35-,36-,37-,38+,41+,42-,43+,44+,45-,49+,50-,51-,52-,53+,54+,55+,56+,57-/m1/s1. The maximum atomic E-state index is 14.0. The molecule has 1 aromatic carbocycles. The fraction of sp³-hybridized carbons (Fsp3) is 0.772. The van der Waals surface area contributed by atoms with Crippen LogP contribution < -0.4 is 0 Å². The van der Waals surface area contributed by atoms with Crippen LogP contribution in [0, 0.1) is 11.8 Å². The number of ether oxygens (including phenoxy) is 9. The van der Waals surface area contributed by atoms with Gasteiger partial charge in [0.1, 0.15) is 48.5 Å². The van der Waals surface area contributed by atoms with Crippen molar-refractivity contribution in [3.63, 3.8) is 0 Å². The van der Waals surface area contributed by atoms with Crippen LogP contribution in [0.25, 0.3) is 0 Å². The Morgan fingerprint density at radius 2 is 1.49 bits per heavy atom. The van der Waals surface area contributed by atoms with Crippen LogP contribution in [-0.2, 0) is 73.0 Å². The summed E-state index contributed by atoms with van der Waals surface area (Å²) in [5.41, 5.74) is -0.199. The zero-order valence-corrected chi connectivity index (χ0v) is 47.3. The number of benzene rings is 1. The number of cyclic esters (lactones) is 1. The van der Waals surface area contributed by atoms with E-state index in [0.29, 0.717) is 12.8 Å². The molecule has 0 aromatic heterocycles. The number of hydrogen-bond acceptors (Lipinski definition) is 19. The topological polar surface area (TPSA) is 236 Å². The summed E-state index contributed by atoms with van der Waals surface area (Å²) in [4.78, 5) is 68.8. The monoisotopic (exact) mass is 1080 g/mol. The highest BCUT2D eigenvalue weighted by atomic mass is 16.7. The molecule has 4 rings (SSSR count). The van der Waals surface area contributed by atoms with Gasteiger partial charge in [-0.1, -0.05) is 76.4 Å². The Morgan fingerprint density at radius 1 is 0.829 bits per heavy atom. The number of unbranched alkanes of at least 4 members (excludes halogenated alkanes) is 4. The van der Waals surface area contributed by atoms with Gasteiger partial charge in [-0.25, -0.2) is 0 Å². The van der Waals surface area contributed by atoms with Crippen LogP contribution in [0.15, 0.2) is 42.5 Å². The zero-order valence-electron chi connectivity index (χ0n) is 47.3. The third-order valence-corrected chi connectivity index (χ3v) is 14.9. The van der Waals surface area contributed by atoms with Crippen molar-refractivity contribution in [1.29, 1.82) is 0 Å². The fourth-order valence-electron chi connectivity index (χ4n) is 10.9. The number of rotatable bonds is 22. The molecule has 0 bridgehead atoms. The van der Waals surface area contributed by atoms with E-state index in [-0.39, 0.29) is 38.5 Å². The Bertz CT molecular complexity index is 1950. The molecule has 3 N–H and O–H groups in total. The summed E-state index contributed by atoms with van der Waals surface area (Å²) in [6.07, 6.45) is -3.86.